The molecule has 1 aromatic heterocycles. The first-order chi connectivity index (χ1) is 10.4. The summed E-state index contributed by atoms with van der Waals surface area (Å²) in [5.41, 5.74) is 3.03. The van der Waals surface area contributed by atoms with Gasteiger partial charge in [0.05, 0.1) is 6.61 Å². The summed E-state index contributed by atoms with van der Waals surface area (Å²) in [7, 11) is 1.53. The standard InChI is InChI=1S/C17H24N2O3/c1-12(2)11-19-13(3)8-15(14(19)4)9-16(10-18)17(20)22-7-6-21-5/h8-9,12H,6-7,11H2,1-5H3/b16-9+. The normalized spacial score (nSPS) is 11.6. The van der Waals surface area contributed by atoms with Crippen molar-refractivity contribution < 1.29 is 14.3 Å². The summed E-state index contributed by atoms with van der Waals surface area (Å²) >= 11 is 0. The lowest BCUT2D eigenvalue weighted by molar-refractivity contribution is -0.139. The molecule has 0 unspecified atom stereocenters. The molecule has 0 spiro atoms. The minimum atomic E-state index is -0.617. The molecule has 0 aliphatic rings. The third-order valence-electron chi connectivity index (χ3n) is 3.32. The van der Waals surface area contributed by atoms with Crippen molar-refractivity contribution in [1.82, 2.24) is 4.57 Å². The van der Waals surface area contributed by atoms with Gasteiger partial charge in [-0.2, -0.15) is 5.26 Å². The number of esters is 1. The van der Waals surface area contributed by atoms with Gasteiger partial charge in [0, 0.05) is 25.0 Å². The molecule has 0 radical (unpaired) electrons. The maximum Gasteiger partial charge on any atom is 0.348 e. The molecule has 0 bridgehead atoms. The van der Waals surface area contributed by atoms with Crippen molar-refractivity contribution in [2.75, 3.05) is 20.3 Å². The zero-order valence-corrected chi connectivity index (χ0v) is 14.0. The molecule has 1 rings (SSSR count). The fourth-order valence-corrected chi connectivity index (χ4v) is 2.21. The number of carbonyl (C=O) groups is 1. The molecular weight excluding hydrogens is 280 g/mol. The van der Waals surface area contributed by atoms with Crippen LogP contribution in [0.25, 0.3) is 6.08 Å². The number of carbonyl (C=O) groups excluding carboxylic acids is 1. The Morgan fingerprint density at radius 1 is 1.41 bits per heavy atom. The molecular formula is C17H24N2O3. The van der Waals surface area contributed by atoms with E-state index in [1.54, 1.807) is 6.08 Å². The van der Waals surface area contributed by atoms with E-state index in [2.05, 4.69) is 18.4 Å². The van der Waals surface area contributed by atoms with Crippen LogP contribution in [0.3, 0.4) is 0 Å². The zero-order valence-electron chi connectivity index (χ0n) is 14.0. The second kappa shape index (κ2) is 8.40. The molecule has 0 amide bonds. The van der Waals surface area contributed by atoms with E-state index in [1.807, 2.05) is 26.0 Å². The number of hydrogen-bond donors (Lipinski definition) is 0. The van der Waals surface area contributed by atoms with E-state index in [0.717, 1.165) is 23.5 Å². The van der Waals surface area contributed by atoms with E-state index >= 15 is 0 Å². The van der Waals surface area contributed by atoms with E-state index in [9.17, 15) is 4.79 Å². The van der Waals surface area contributed by atoms with Gasteiger partial charge in [-0.15, -0.1) is 0 Å². The van der Waals surface area contributed by atoms with Gasteiger partial charge in [0.25, 0.3) is 0 Å². The Morgan fingerprint density at radius 3 is 2.64 bits per heavy atom. The number of aryl methyl sites for hydroxylation is 1. The van der Waals surface area contributed by atoms with Crippen molar-refractivity contribution in [2.45, 2.75) is 34.2 Å². The van der Waals surface area contributed by atoms with Gasteiger partial charge in [-0.05, 0) is 37.5 Å². The van der Waals surface area contributed by atoms with Gasteiger partial charge in [-0.25, -0.2) is 4.79 Å². The second-order valence-electron chi connectivity index (χ2n) is 5.63. The van der Waals surface area contributed by atoms with Gasteiger partial charge in [0.15, 0.2) is 0 Å². The van der Waals surface area contributed by atoms with Crippen LogP contribution in [-0.2, 0) is 20.8 Å². The van der Waals surface area contributed by atoms with E-state index in [0.29, 0.717) is 12.5 Å². The first kappa shape index (κ1) is 18.0. The quantitative estimate of drug-likeness (QED) is 0.336. The minimum Gasteiger partial charge on any atom is -0.459 e. The van der Waals surface area contributed by atoms with Gasteiger partial charge in [0.2, 0.25) is 0 Å². The lowest BCUT2D eigenvalue weighted by atomic mass is 10.1. The van der Waals surface area contributed by atoms with Gasteiger partial charge < -0.3 is 14.0 Å². The van der Waals surface area contributed by atoms with Crippen molar-refractivity contribution in [3.8, 4) is 6.07 Å². The summed E-state index contributed by atoms with van der Waals surface area (Å²) in [6.45, 7) is 9.69. The molecule has 0 N–H and O–H groups in total. The molecule has 5 heteroatoms. The Hall–Kier alpha value is -2.06. The highest BCUT2D eigenvalue weighted by molar-refractivity contribution is 5.98. The molecule has 5 nitrogen and oxygen atoms in total. The summed E-state index contributed by atoms with van der Waals surface area (Å²) in [5.74, 6) is -0.0933. The number of hydrogen-bond acceptors (Lipinski definition) is 4. The summed E-state index contributed by atoms with van der Waals surface area (Å²) in [6, 6.07) is 3.89. The summed E-state index contributed by atoms with van der Waals surface area (Å²) < 4.78 is 12.0. The van der Waals surface area contributed by atoms with Crippen LogP contribution >= 0.6 is 0 Å². The van der Waals surface area contributed by atoms with Crippen LogP contribution in [0.4, 0.5) is 0 Å². The molecule has 0 fully saturated rings. The zero-order chi connectivity index (χ0) is 16.7. The van der Waals surface area contributed by atoms with Crippen molar-refractivity contribution in [1.29, 1.82) is 5.26 Å². The predicted molar refractivity (Wildman–Crippen MR) is 85.2 cm³/mol. The summed E-state index contributed by atoms with van der Waals surface area (Å²) in [6.07, 6.45) is 1.59. The van der Waals surface area contributed by atoms with E-state index in [-0.39, 0.29) is 12.2 Å². The SMILES string of the molecule is COCCOC(=O)/C(C#N)=C/c1cc(C)n(CC(C)C)c1C. The van der Waals surface area contributed by atoms with Crippen molar-refractivity contribution >= 4 is 12.0 Å². The van der Waals surface area contributed by atoms with E-state index in [4.69, 9.17) is 14.7 Å². The summed E-state index contributed by atoms with van der Waals surface area (Å²) in [5, 5.41) is 9.17. The molecule has 0 aliphatic carbocycles. The Balaban J connectivity index is 2.99. The van der Waals surface area contributed by atoms with Gasteiger partial charge in [-0.3, -0.25) is 0 Å². The number of methoxy groups -OCH3 is 1. The lowest BCUT2D eigenvalue weighted by Gasteiger charge is -2.12. The Morgan fingerprint density at radius 2 is 2.09 bits per heavy atom. The van der Waals surface area contributed by atoms with Crippen LogP contribution < -0.4 is 0 Å². The number of aromatic nitrogens is 1. The first-order valence-corrected chi connectivity index (χ1v) is 7.35. The Bertz CT molecular complexity index is 592. The molecule has 1 heterocycles. The van der Waals surface area contributed by atoms with Crippen LogP contribution in [0.2, 0.25) is 0 Å². The third-order valence-corrected chi connectivity index (χ3v) is 3.32. The molecule has 1 aromatic rings. The van der Waals surface area contributed by atoms with Crippen LogP contribution in [0, 0.1) is 31.1 Å². The Labute approximate surface area is 132 Å². The van der Waals surface area contributed by atoms with Crippen molar-refractivity contribution in [3.63, 3.8) is 0 Å². The number of ether oxygens (including phenoxy) is 2. The molecule has 0 saturated carbocycles. The molecule has 0 aliphatic heterocycles. The van der Waals surface area contributed by atoms with Gasteiger partial charge >= 0.3 is 5.97 Å². The maximum atomic E-state index is 11.9. The fourth-order valence-electron chi connectivity index (χ4n) is 2.21. The molecule has 0 saturated heterocycles. The fraction of sp³-hybridized carbons (Fsp3) is 0.529. The second-order valence-corrected chi connectivity index (χ2v) is 5.63. The van der Waals surface area contributed by atoms with Crippen LogP contribution in [0.1, 0.15) is 30.8 Å². The lowest BCUT2D eigenvalue weighted by Crippen LogP contribution is -2.11. The third kappa shape index (κ3) is 4.74. The predicted octanol–water partition coefficient (Wildman–Crippen LogP) is 2.86. The average Bonchev–Trinajstić information content (AvgIpc) is 2.72. The van der Waals surface area contributed by atoms with Crippen LogP contribution in [0.5, 0.6) is 0 Å². The largest absolute Gasteiger partial charge is 0.459 e. The topological polar surface area (TPSA) is 64.2 Å². The minimum absolute atomic E-state index is 0.000833. The van der Waals surface area contributed by atoms with Gasteiger partial charge in [-0.1, -0.05) is 13.8 Å². The van der Waals surface area contributed by atoms with Gasteiger partial charge in [0.1, 0.15) is 18.2 Å². The number of rotatable bonds is 7. The number of nitrogens with zero attached hydrogens (tertiary/aromatic N) is 2. The Kier molecular flexibility index (Phi) is 6.87. The number of nitriles is 1. The highest BCUT2D eigenvalue weighted by Crippen LogP contribution is 2.20. The molecule has 22 heavy (non-hydrogen) atoms. The molecule has 0 aromatic carbocycles. The highest BCUT2D eigenvalue weighted by atomic mass is 16.6. The van der Waals surface area contributed by atoms with E-state index in [1.165, 1.54) is 7.11 Å². The molecule has 0 atom stereocenters. The highest BCUT2D eigenvalue weighted by Gasteiger charge is 2.14. The monoisotopic (exact) mass is 304 g/mol. The van der Waals surface area contributed by atoms with Crippen molar-refractivity contribution in [2.24, 2.45) is 5.92 Å². The first-order valence-electron chi connectivity index (χ1n) is 7.35. The van der Waals surface area contributed by atoms with Crippen LogP contribution in [0.15, 0.2) is 11.6 Å². The smallest absolute Gasteiger partial charge is 0.348 e. The molecule has 120 valence electrons. The van der Waals surface area contributed by atoms with E-state index < -0.39 is 5.97 Å². The summed E-state index contributed by atoms with van der Waals surface area (Å²) in [4.78, 5) is 11.9. The van der Waals surface area contributed by atoms with Crippen molar-refractivity contribution in [3.05, 3.63) is 28.6 Å². The van der Waals surface area contributed by atoms with Crippen LogP contribution in [-0.4, -0.2) is 30.9 Å². The average molecular weight is 304 g/mol. The maximum absolute atomic E-state index is 11.9.